The van der Waals surface area contributed by atoms with Crippen molar-refractivity contribution >= 4 is 49.8 Å². The van der Waals surface area contributed by atoms with Gasteiger partial charge < -0.3 is 0 Å². The molecule has 31 heavy (non-hydrogen) atoms. The van der Waals surface area contributed by atoms with E-state index in [1.165, 1.54) is 23.5 Å². The number of hydrogen-bond acceptors (Lipinski definition) is 7. The lowest BCUT2D eigenvalue weighted by Gasteiger charge is -2.25. The maximum absolute atomic E-state index is 13.3. The summed E-state index contributed by atoms with van der Waals surface area (Å²) in [5.74, 6) is 0.927. The highest BCUT2D eigenvalue weighted by atomic mass is 32.2. The largest absolute Gasteiger partial charge is 0.299 e. The summed E-state index contributed by atoms with van der Waals surface area (Å²) >= 11 is 2.85. The SMILES string of the molecule is Cc1ccccc1N(CC(=O)Nc1nnc(SCC(C)C)s1)S(=O)(=O)c1ccccc1. The first kappa shape index (κ1) is 23.2. The summed E-state index contributed by atoms with van der Waals surface area (Å²) in [6.45, 7) is 5.66. The molecule has 0 saturated carbocycles. The van der Waals surface area contributed by atoms with Crippen LogP contribution in [0.15, 0.2) is 63.8 Å². The molecular weight excluding hydrogens is 452 g/mol. The quantitative estimate of drug-likeness (QED) is 0.363. The molecule has 0 aliphatic heterocycles. The fraction of sp³-hybridized carbons (Fsp3) is 0.286. The molecule has 1 amide bonds. The van der Waals surface area contributed by atoms with Crippen molar-refractivity contribution in [3.8, 4) is 0 Å². The van der Waals surface area contributed by atoms with Gasteiger partial charge in [0.2, 0.25) is 11.0 Å². The summed E-state index contributed by atoms with van der Waals surface area (Å²) < 4.78 is 28.6. The van der Waals surface area contributed by atoms with Crippen LogP contribution in [0.25, 0.3) is 0 Å². The number of aryl methyl sites for hydroxylation is 1. The molecular formula is C21H24N4O3S3. The van der Waals surface area contributed by atoms with Crippen molar-refractivity contribution in [1.29, 1.82) is 0 Å². The number of sulfonamides is 1. The van der Waals surface area contributed by atoms with Crippen LogP contribution < -0.4 is 9.62 Å². The molecule has 0 atom stereocenters. The third-order valence-corrected chi connectivity index (χ3v) is 8.37. The first-order chi connectivity index (χ1) is 14.8. The number of benzene rings is 2. The average molecular weight is 477 g/mol. The summed E-state index contributed by atoms with van der Waals surface area (Å²) in [5, 5.41) is 11.1. The van der Waals surface area contributed by atoms with E-state index in [0.717, 1.165) is 20.0 Å². The van der Waals surface area contributed by atoms with E-state index in [1.54, 1.807) is 42.1 Å². The fourth-order valence-corrected chi connectivity index (χ4v) is 5.96. The Bertz CT molecular complexity index is 1130. The third-order valence-electron chi connectivity index (χ3n) is 4.20. The van der Waals surface area contributed by atoms with E-state index < -0.39 is 15.9 Å². The molecule has 0 radical (unpaired) electrons. The Hall–Kier alpha value is -2.43. The van der Waals surface area contributed by atoms with Gasteiger partial charge in [-0.05, 0) is 36.6 Å². The first-order valence-corrected chi connectivity index (χ1v) is 12.9. The smallest absolute Gasteiger partial charge is 0.264 e. The van der Waals surface area contributed by atoms with Gasteiger partial charge in [0.05, 0.1) is 10.6 Å². The highest BCUT2D eigenvalue weighted by molar-refractivity contribution is 8.01. The molecule has 1 heterocycles. The van der Waals surface area contributed by atoms with E-state index in [2.05, 4.69) is 29.4 Å². The molecule has 0 aliphatic carbocycles. The van der Waals surface area contributed by atoms with E-state index in [4.69, 9.17) is 0 Å². The van der Waals surface area contributed by atoms with Crippen molar-refractivity contribution in [3.63, 3.8) is 0 Å². The van der Waals surface area contributed by atoms with Crippen LogP contribution in [0.5, 0.6) is 0 Å². The topological polar surface area (TPSA) is 92.3 Å². The number of carbonyl (C=O) groups is 1. The number of aromatic nitrogens is 2. The van der Waals surface area contributed by atoms with Crippen molar-refractivity contribution in [2.45, 2.75) is 30.0 Å². The van der Waals surface area contributed by atoms with Crippen LogP contribution in [0.3, 0.4) is 0 Å². The normalized spacial score (nSPS) is 11.5. The second kappa shape index (κ2) is 10.3. The molecule has 10 heteroatoms. The molecule has 0 bridgehead atoms. The molecule has 3 aromatic rings. The van der Waals surface area contributed by atoms with Gasteiger partial charge in [0.25, 0.3) is 10.0 Å². The summed E-state index contributed by atoms with van der Waals surface area (Å²) in [6.07, 6.45) is 0. The van der Waals surface area contributed by atoms with E-state index in [9.17, 15) is 13.2 Å². The minimum Gasteiger partial charge on any atom is -0.299 e. The Kier molecular flexibility index (Phi) is 7.69. The molecule has 1 aromatic heterocycles. The number of carbonyl (C=O) groups excluding carboxylic acids is 1. The van der Waals surface area contributed by atoms with Gasteiger partial charge in [-0.15, -0.1) is 10.2 Å². The monoisotopic (exact) mass is 476 g/mol. The van der Waals surface area contributed by atoms with Crippen LogP contribution >= 0.6 is 23.1 Å². The highest BCUT2D eigenvalue weighted by Gasteiger charge is 2.28. The Morgan fingerprint density at radius 3 is 2.45 bits per heavy atom. The number of thioether (sulfide) groups is 1. The van der Waals surface area contributed by atoms with Gasteiger partial charge in [0.1, 0.15) is 6.54 Å². The fourth-order valence-electron chi connectivity index (χ4n) is 2.71. The van der Waals surface area contributed by atoms with Gasteiger partial charge in [0.15, 0.2) is 4.34 Å². The third kappa shape index (κ3) is 6.05. The van der Waals surface area contributed by atoms with E-state index >= 15 is 0 Å². The molecule has 0 saturated heterocycles. The average Bonchev–Trinajstić information content (AvgIpc) is 3.19. The molecule has 0 fully saturated rings. The lowest BCUT2D eigenvalue weighted by Crippen LogP contribution is -2.38. The molecule has 7 nitrogen and oxygen atoms in total. The summed E-state index contributed by atoms with van der Waals surface area (Å²) in [4.78, 5) is 12.9. The maximum Gasteiger partial charge on any atom is 0.264 e. The second-order valence-corrected chi connectivity index (χ2v) is 11.3. The van der Waals surface area contributed by atoms with Crippen LogP contribution in [0.4, 0.5) is 10.8 Å². The lowest BCUT2D eigenvalue weighted by atomic mass is 10.2. The number of rotatable bonds is 9. The van der Waals surface area contributed by atoms with Crippen molar-refractivity contribution in [2.24, 2.45) is 5.92 Å². The van der Waals surface area contributed by atoms with Gasteiger partial charge in [0, 0.05) is 5.75 Å². The maximum atomic E-state index is 13.3. The van der Waals surface area contributed by atoms with Crippen LogP contribution in [-0.4, -0.2) is 36.8 Å². The van der Waals surface area contributed by atoms with Crippen LogP contribution in [0.1, 0.15) is 19.4 Å². The zero-order valence-electron chi connectivity index (χ0n) is 17.5. The summed E-state index contributed by atoms with van der Waals surface area (Å²) in [7, 11) is -3.94. The van der Waals surface area contributed by atoms with E-state index in [1.807, 2.05) is 19.1 Å². The minimum atomic E-state index is -3.94. The highest BCUT2D eigenvalue weighted by Crippen LogP contribution is 2.28. The Labute approximate surface area is 191 Å². The Morgan fingerprint density at radius 2 is 1.77 bits per heavy atom. The molecule has 0 unspecified atom stereocenters. The van der Waals surface area contributed by atoms with Gasteiger partial charge in [-0.2, -0.15) is 0 Å². The van der Waals surface area contributed by atoms with Crippen molar-refractivity contribution in [2.75, 3.05) is 21.9 Å². The first-order valence-electron chi connectivity index (χ1n) is 9.67. The van der Waals surface area contributed by atoms with Gasteiger partial charge in [-0.25, -0.2) is 8.42 Å². The van der Waals surface area contributed by atoms with Crippen LogP contribution in [0, 0.1) is 12.8 Å². The van der Waals surface area contributed by atoms with Crippen molar-refractivity contribution in [3.05, 3.63) is 60.2 Å². The van der Waals surface area contributed by atoms with Crippen molar-refractivity contribution in [1.82, 2.24) is 10.2 Å². The van der Waals surface area contributed by atoms with Crippen LogP contribution in [0.2, 0.25) is 0 Å². The molecule has 3 rings (SSSR count). The van der Waals surface area contributed by atoms with Gasteiger partial charge >= 0.3 is 0 Å². The second-order valence-electron chi connectivity index (χ2n) is 7.24. The number of nitrogens with zero attached hydrogens (tertiary/aromatic N) is 3. The zero-order chi connectivity index (χ0) is 22.4. The lowest BCUT2D eigenvalue weighted by molar-refractivity contribution is -0.114. The van der Waals surface area contributed by atoms with Gasteiger partial charge in [-0.1, -0.05) is 73.3 Å². The summed E-state index contributed by atoms with van der Waals surface area (Å²) in [5.41, 5.74) is 1.20. The predicted octanol–water partition coefficient (Wildman–Crippen LogP) is 4.43. The predicted molar refractivity (Wildman–Crippen MR) is 126 cm³/mol. The molecule has 1 N–H and O–H groups in total. The number of anilines is 2. The molecule has 2 aromatic carbocycles. The van der Waals surface area contributed by atoms with E-state index in [-0.39, 0.29) is 11.4 Å². The number of nitrogens with one attached hydrogen (secondary N) is 1. The van der Waals surface area contributed by atoms with Crippen LogP contribution in [-0.2, 0) is 14.8 Å². The standard InChI is InChI=1S/C21H24N4O3S3/c1-15(2)14-29-21-24-23-20(30-21)22-19(26)13-25(18-12-8-7-9-16(18)3)31(27,28)17-10-5-4-6-11-17/h4-12,15H,13-14H2,1-3H3,(H,22,23,26). The van der Waals surface area contributed by atoms with E-state index in [0.29, 0.717) is 16.7 Å². The van der Waals surface area contributed by atoms with Crippen molar-refractivity contribution < 1.29 is 13.2 Å². The Morgan fingerprint density at radius 1 is 1.10 bits per heavy atom. The number of hydrogen-bond donors (Lipinski definition) is 1. The Balaban J connectivity index is 1.83. The molecule has 0 aliphatic rings. The zero-order valence-corrected chi connectivity index (χ0v) is 19.9. The molecule has 0 spiro atoms. The number of amides is 1. The minimum absolute atomic E-state index is 0.120. The number of para-hydroxylation sites is 1. The summed E-state index contributed by atoms with van der Waals surface area (Å²) in [6, 6.07) is 15.2. The molecule has 164 valence electrons. The van der Waals surface area contributed by atoms with Gasteiger partial charge in [-0.3, -0.25) is 14.4 Å².